The number of hydrazone groups is 1. The monoisotopic (exact) mass is 393 g/mol. The van der Waals surface area contributed by atoms with Crippen LogP contribution in [-0.4, -0.2) is 33.3 Å². The highest BCUT2D eigenvalue weighted by atomic mass is 16.6. The molecule has 1 heterocycles. The summed E-state index contributed by atoms with van der Waals surface area (Å²) in [6.07, 6.45) is 0. The molecule has 0 spiro atoms. The van der Waals surface area contributed by atoms with Gasteiger partial charge in [0.05, 0.1) is 22.9 Å². The van der Waals surface area contributed by atoms with E-state index in [0.717, 1.165) is 5.56 Å². The molecule has 0 saturated heterocycles. The van der Waals surface area contributed by atoms with E-state index in [1.807, 2.05) is 31.2 Å². The number of nitrogens with one attached hydrogen (secondary N) is 2. The van der Waals surface area contributed by atoms with Crippen LogP contribution < -0.4 is 10.2 Å². The normalized spacial score (nSPS) is 11.2. The number of nitro benzene ring substituents is 1. The summed E-state index contributed by atoms with van der Waals surface area (Å²) in [6.45, 7) is 4.11. The maximum absolute atomic E-state index is 12.4. The van der Waals surface area contributed by atoms with Gasteiger partial charge in [-0.15, -0.1) is 0 Å². The van der Waals surface area contributed by atoms with Crippen molar-refractivity contribution in [2.45, 2.75) is 13.8 Å². The molecule has 0 radical (unpaired) electrons. The van der Waals surface area contributed by atoms with Crippen molar-refractivity contribution in [3.05, 3.63) is 76.0 Å². The van der Waals surface area contributed by atoms with Crippen LogP contribution in [0, 0.1) is 10.1 Å². The Kier molecular flexibility index (Phi) is 5.98. The Balaban J connectivity index is 1.72. The number of aromatic nitrogens is 2. The number of benzene rings is 2. The molecule has 29 heavy (non-hydrogen) atoms. The summed E-state index contributed by atoms with van der Waals surface area (Å²) in [4.78, 5) is 22.6. The first kappa shape index (κ1) is 19.7. The maximum Gasteiger partial charge on any atom is 0.289 e. The van der Waals surface area contributed by atoms with E-state index in [0.29, 0.717) is 29.3 Å². The molecule has 0 saturated carbocycles. The van der Waals surface area contributed by atoms with E-state index in [1.165, 1.54) is 12.1 Å². The second kappa shape index (κ2) is 8.79. The topological polar surface area (TPSA) is 123 Å². The molecular weight excluding hydrogens is 374 g/mol. The van der Waals surface area contributed by atoms with Crippen LogP contribution in [-0.2, 0) is 0 Å². The van der Waals surface area contributed by atoms with Gasteiger partial charge in [-0.05, 0) is 49.7 Å². The third kappa shape index (κ3) is 4.64. The zero-order valence-corrected chi connectivity index (χ0v) is 15.9. The van der Waals surface area contributed by atoms with E-state index in [-0.39, 0.29) is 11.4 Å². The number of hydrogen-bond donors (Lipinski definition) is 2. The van der Waals surface area contributed by atoms with E-state index in [4.69, 9.17) is 4.74 Å². The summed E-state index contributed by atoms with van der Waals surface area (Å²) in [6, 6.07) is 15.0. The molecule has 9 heteroatoms. The Bertz CT molecular complexity index is 1060. The number of nitro groups is 1. The van der Waals surface area contributed by atoms with Crippen LogP contribution in [0.25, 0.3) is 11.3 Å². The number of H-pyrrole nitrogens is 1. The van der Waals surface area contributed by atoms with Gasteiger partial charge in [0.25, 0.3) is 11.6 Å². The van der Waals surface area contributed by atoms with E-state index in [1.54, 1.807) is 25.1 Å². The Hall–Kier alpha value is -4.01. The molecule has 1 amide bonds. The van der Waals surface area contributed by atoms with Crippen LogP contribution in [0.5, 0.6) is 5.75 Å². The smallest absolute Gasteiger partial charge is 0.289 e. The number of amides is 1. The number of ether oxygens (including phenoxy) is 1. The number of carbonyl (C=O) groups excluding carboxylic acids is 1. The SMILES string of the molecule is CCOc1ccccc1-c1cc(C(=O)NN=C(C)c2ccc([N+](=O)[O-])cc2)[nH]n1. The summed E-state index contributed by atoms with van der Waals surface area (Å²) in [5.74, 6) is 0.222. The van der Waals surface area contributed by atoms with Crippen molar-refractivity contribution in [1.82, 2.24) is 15.6 Å². The zero-order chi connectivity index (χ0) is 20.8. The van der Waals surface area contributed by atoms with Gasteiger partial charge in [0, 0.05) is 17.7 Å². The largest absolute Gasteiger partial charge is 0.493 e. The van der Waals surface area contributed by atoms with Crippen LogP contribution in [0.1, 0.15) is 29.9 Å². The first-order valence-electron chi connectivity index (χ1n) is 8.86. The molecule has 0 atom stereocenters. The Labute approximate surface area is 166 Å². The predicted octanol–water partition coefficient (Wildman–Crippen LogP) is 3.54. The highest BCUT2D eigenvalue weighted by Gasteiger charge is 2.14. The number of rotatable bonds is 7. The lowest BCUT2D eigenvalue weighted by molar-refractivity contribution is -0.384. The number of para-hydroxylation sites is 1. The number of nitrogens with zero attached hydrogens (tertiary/aromatic N) is 3. The van der Waals surface area contributed by atoms with E-state index in [9.17, 15) is 14.9 Å². The average Bonchev–Trinajstić information content (AvgIpc) is 3.22. The molecular formula is C20H19N5O4. The first-order chi connectivity index (χ1) is 14.0. The summed E-state index contributed by atoms with van der Waals surface area (Å²) in [7, 11) is 0. The Morgan fingerprint density at radius 1 is 1.24 bits per heavy atom. The van der Waals surface area contributed by atoms with Crippen molar-refractivity contribution in [2.75, 3.05) is 6.61 Å². The number of aromatic amines is 1. The fraction of sp³-hybridized carbons (Fsp3) is 0.150. The number of hydrogen-bond acceptors (Lipinski definition) is 6. The van der Waals surface area contributed by atoms with Gasteiger partial charge < -0.3 is 4.74 Å². The van der Waals surface area contributed by atoms with Gasteiger partial charge in [-0.1, -0.05) is 12.1 Å². The van der Waals surface area contributed by atoms with Crippen LogP contribution in [0.15, 0.2) is 59.7 Å². The van der Waals surface area contributed by atoms with Crippen molar-refractivity contribution in [1.29, 1.82) is 0 Å². The highest BCUT2D eigenvalue weighted by molar-refractivity contribution is 6.00. The maximum atomic E-state index is 12.4. The molecule has 3 rings (SSSR count). The van der Waals surface area contributed by atoms with Crippen LogP contribution >= 0.6 is 0 Å². The van der Waals surface area contributed by atoms with Gasteiger partial charge in [-0.3, -0.25) is 20.0 Å². The van der Waals surface area contributed by atoms with Gasteiger partial charge in [-0.2, -0.15) is 10.2 Å². The molecule has 9 nitrogen and oxygen atoms in total. The highest BCUT2D eigenvalue weighted by Crippen LogP contribution is 2.28. The number of carbonyl (C=O) groups is 1. The van der Waals surface area contributed by atoms with Gasteiger partial charge >= 0.3 is 0 Å². The Morgan fingerprint density at radius 3 is 2.66 bits per heavy atom. The first-order valence-corrected chi connectivity index (χ1v) is 8.86. The van der Waals surface area contributed by atoms with Crippen molar-refractivity contribution < 1.29 is 14.5 Å². The molecule has 0 fully saturated rings. The molecule has 148 valence electrons. The average molecular weight is 393 g/mol. The van der Waals surface area contributed by atoms with Crippen molar-refractivity contribution in [3.63, 3.8) is 0 Å². The molecule has 0 aliphatic heterocycles. The molecule has 1 aromatic heterocycles. The second-order valence-electron chi connectivity index (χ2n) is 6.04. The summed E-state index contributed by atoms with van der Waals surface area (Å²) < 4.78 is 5.59. The van der Waals surface area contributed by atoms with Gasteiger partial charge in [0.1, 0.15) is 11.4 Å². The van der Waals surface area contributed by atoms with Crippen molar-refractivity contribution >= 4 is 17.3 Å². The van der Waals surface area contributed by atoms with Gasteiger partial charge in [-0.25, -0.2) is 5.43 Å². The van der Waals surface area contributed by atoms with E-state index < -0.39 is 10.8 Å². The third-order valence-electron chi connectivity index (χ3n) is 4.11. The van der Waals surface area contributed by atoms with Gasteiger partial charge in [0.15, 0.2) is 0 Å². The summed E-state index contributed by atoms with van der Waals surface area (Å²) in [5, 5.41) is 21.6. The predicted molar refractivity (Wildman–Crippen MR) is 108 cm³/mol. The van der Waals surface area contributed by atoms with Crippen molar-refractivity contribution in [2.24, 2.45) is 5.10 Å². The van der Waals surface area contributed by atoms with Crippen LogP contribution in [0.3, 0.4) is 0 Å². The molecule has 2 N–H and O–H groups in total. The summed E-state index contributed by atoms with van der Waals surface area (Å²) >= 11 is 0. The minimum atomic E-state index is -0.475. The third-order valence-corrected chi connectivity index (χ3v) is 4.11. The molecule has 0 aliphatic carbocycles. The molecule has 0 unspecified atom stereocenters. The zero-order valence-electron chi connectivity index (χ0n) is 15.9. The standard InChI is InChI=1S/C20H19N5O4/c1-3-29-19-7-5-4-6-16(19)17-12-18(23-22-17)20(26)24-21-13(2)14-8-10-15(11-9-14)25(27)28/h4-12H,3H2,1-2H3,(H,22,23)(H,24,26). The second-order valence-corrected chi connectivity index (χ2v) is 6.04. The minimum Gasteiger partial charge on any atom is -0.493 e. The lowest BCUT2D eigenvalue weighted by Gasteiger charge is -2.07. The molecule has 0 bridgehead atoms. The van der Waals surface area contributed by atoms with E-state index >= 15 is 0 Å². The van der Waals surface area contributed by atoms with Crippen LogP contribution in [0.2, 0.25) is 0 Å². The number of non-ortho nitro benzene ring substituents is 1. The fourth-order valence-corrected chi connectivity index (χ4v) is 2.62. The lowest BCUT2D eigenvalue weighted by Crippen LogP contribution is -2.19. The molecule has 3 aromatic rings. The molecule has 0 aliphatic rings. The van der Waals surface area contributed by atoms with Crippen molar-refractivity contribution in [3.8, 4) is 17.0 Å². The minimum absolute atomic E-state index is 0.0112. The Morgan fingerprint density at radius 2 is 1.97 bits per heavy atom. The molecule has 2 aromatic carbocycles. The summed E-state index contributed by atoms with van der Waals surface area (Å²) in [5.41, 5.74) is 5.20. The van der Waals surface area contributed by atoms with Gasteiger partial charge in [0.2, 0.25) is 0 Å². The van der Waals surface area contributed by atoms with Crippen LogP contribution in [0.4, 0.5) is 5.69 Å². The quantitative estimate of drug-likeness (QED) is 0.361. The van der Waals surface area contributed by atoms with E-state index in [2.05, 4.69) is 20.7 Å². The fourth-order valence-electron chi connectivity index (χ4n) is 2.62. The lowest BCUT2D eigenvalue weighted by atomic mass is 10.1.